The molecule has 1 aromatic rings. The summed E-state index contributed by atoms with van der Waals surface area (Å²) in [6.45, 7) is 4.86. The van der Waals surface area contributed by atoms with Crippen molar-refractivity contribution in [3.63, 3.8) is 0 Å². The topological polar surface area (TPSA) is 98.7 Å². The number of hydrogen-bond donors (Lipinski definition) is 3. The van der Waals surface area contributed by atoms with Crippen LogP contribution in [0.1, 0.15) is 42.4 Å². The summed E-state index contributed by atoms with van der Waals surface area (Å²) in [6.07, 6.45) is 2.03. The molecule has 3 rings (SSSR count). The predicted molar refractivity (Wildman–Crippen MR) is 78.4 cm³/mol. The Morgan fingerprint density at radius 2 is 2.14 bits per heavy atom. The largest absolute Gasteiger partial charge is 0.387 e. The first-order valence-electron chi connectivity index (χ1n) is 7.69. The molecule has 0 radical (unpaired) electrons. The van der Waals surface area contributed by atoms with Crippen molar-refractivity contribution in [2.45, 2.75) is 50.4 Å². The molecule has 2 atom stereocenters. The number of aliphatic hydroxyl groups is 2. The Hall–Kier alpha value is -1.44. The van der Waals surface area contributed by atoms with Crippen LogP contribution in [0.15, 0.2) is 6.33 Å². The monoisotopic (exact) mass is 309 g/mol. The summed E-state index contributed by atoms with van der Waals surface area (Å²) in [5, 5.41) is 20.8. The van der Waals surface area contributed by atoms with Gasteiger partial charge in [-0.3, -0.25) is 4.79 Å². The highest BCUT2D eigenvalue weighted by Crippen LogP contribution is 2.39. The minimum Gasteiger partial charge on any atom is -0.387 e. The van der Waals surface area contributed by atoms with Crippen molar-refractivity contribution in [3.05, 3.63) is 17.7 Å². The van der Waals surface area contributed by atoms with Crippen molar-refractivity contribution in [3.8, 4) is 0 Å². The molecule has 2 aliphatic heterocycles. The van der Waals surface area contributed by atoms with E-state index in [9.17, 15) is 15.0 Å². The van der Waals surface area contributed by atoms with Gasteiger partial charge in [-0.15, -0.1) is 0 Å². The third-order valence-corrected chi connectivity index (χ3v) is 5.01. The molecule has 122 valence electrons. The van der Waals surface area contributed by atoms with Gasteiger partial charge in [0.05, 0.1) is 18.5 Å². The summed E-state index contributed by atoms with van der Waals surface area (Å²) in [7, 11) is 0. The molecular formula is C15H23N3O4. The van der Waals surface area contributed by atoms with Crippen LogP contribution in [0.3, 0.4) is 0 Å². The standard InChI is InChI=1S/C15H23N3O4/c1-10-11(17-9-16-10)12(19)18-6-3-15(4-7-18)13(20)14(2,21)5-8-22-15/h9,13,20-21H,3-8H2,1-2H3,(H,16,17)/t13-,14+/m0/s1. The van der Waals surface area contributed by atoms with Crippen molar-refractivity contribution >= 4 is 5.91 Å². The number of imidazole rings is 1. The van der Waals surface area contributed by atoms with Crippen molar-refractivity contribution in [1.29, 1.82) is 0 Å². The smallest absolute Gasteiger partial charge is 0.274 e. The van der Waals surface area contributed by atoms with E-state index in [1.807, 2.05) is 6.92 Å². The number of likely N-dealkylation sites (tertiary alicyclic amines) is 1. The first-order chi connectivity index (χ1) is 10.4. The normalized spacial score (nSPS) is 31.5. The number of piperidine rings is 1. The number of H-pyrrole nitrogens is 1. The molecule has 2 fully saturated rings. The maximum atomic E-state index is 12.5. The number of aliphatic hydroxyl groups excluding tert-OH is 1. The molecule has 0 unspecified atom stereocenters. The highest BCUT2D eigenvalue weighted by atomic mass is 16.5. The number of aromatic nitrogens is 2. The number of nitrogens with one attached hydrogen (secondary N) is 1. The lowest BCUT2D eigenvalue weighted by Crippen LogP contribution is -2.64. The van der Waals surface area contributed by atoms with Gasteiger partial charge in [0.25, 0.3) is 5.91 Å². The number of nitrogens with zero attached hydrogens (tertiary/aromatic N) is 2. The predicted octanol–water partition coefficient (Wildman–Crippen LogP) is 0.225. The van der Waals surface area contributed by atoms with Gasteiger partial charge in [-0.05, 0) is 26.7 Å². The van der Waals surface area contributed by atoms with Crippen LogP contribution in [0.5, 0.6) is 0 Å². The van der Waals surface area contributed by atoms with E-state index in [-0.39, 0.29) is 5.91 Å². The first-order valence-corrected chi connectivity index (χ1v) is 7.69. The number of amides is 1. The third-order valence-electron chi connectivity index (χ3n) is 5.01. The number of aryl methyl sites for hydroxylation is 1. The average Bonchev–Trinajstić information content (AvgIpc) is 2.91. The number of carbonyl (C=O) groups is 1. The summed E-state index contributed by atoms with van der Waals surface area (Å²) < 4.78 is 5.83. The lowest BCUT2D eigenvalue weighted by atomic mass is 9.75. The van der Waals surface area contributed by atoms with Gasteiger partial charge in [-0.25, -0.2) is 4.98 Å². The van der Waals surface area contributed by atoms with Crippen LogP contribution in [0.4, 0.5) is 0 Å². The maximum absolute atomic E-state index is 12.5. The summed E-state index contributed by atoms with van der Waals surface area (Å²) in [4.78, 5) is 21.2. The number of carbonyl (C=O) groups excluding carboxylic acids is 1. The van der Waals surface area contributed by atoms with Crippen LogP contribution in [-0.2, 0) is 4.74 Å². The maximum Gasteiger partial charge on any atom is 0.274 e. The van der Waals surface area contributed by atoms with Crippen molar-refractivity contribution < 1.29 is 19.7 Å². The second-order valence-corrected chi connectivity index (χ2v) is 6.59. The Balaban J connectivity index is 1.70. The van der Waals surface area contributed by atoms with Crippen LogP contribution in [-0.4, -0.2) is 68.0 Å². The van der Waals surface area contributed by atoms with Gasteiger partial charge in [0.15, 0.2) is 0 Å². The zero-order valence-corrected chi connectivity index (χ0v) is 13.0. The molecule has 2 aliphatic rings. The van der Waals surface area contributed by atoms with Crippen molar-refractivity contribution in [2.75, 3.05) is 19.7 Å². The zero-order valence-electron chi connectivity index (χ0n) is 13.0. The molecule has 1 amide bonds. The second kappa shape index (κ2) is 5.33. The highest BCUT2D eigenvalue weighted by molar-refractivity contribution is 5.93. The van der Waals surface area contributed by atoms with Crippen LogP contribution >= 0.6 is 0 Å². The second-order valence-electron chi connectivity index (χ2n) is 6.59. The van der Waals surface area contributed by atoms with E-state index in [1.165, 1.54) is 6.33 Å². The minimum atomic E-state index is -1.14. The molecule has 0 bridgehead atoms. The highest BCUT2D eigenvalue weighted by Gasteiger charge is 2.53. The quantitative estimate of drug-likeness (QED) is 0.689. The SMILES string of the molecule is Cc1[nH]cnc1C(=O)N1CCC2(CC1)OCC[C@@](C)(O)[C@@H]2O. The van der Waals surface area contributed by atoms with E-state index in [2.05, 4.69) is 9.97 Å². The van der Waals surface area contributed by atoms with Crippen LogP contribution in [0, 0.1) is 6.92 Å². The molecule has 1 aromatic heterocycles. The van der Waals surface area contributed by atoms with Crippen LogP contribution in [0.25, 0.3) is 0 Å². The van der Waals surface area contributed by atoms with Gasteiger partial charge in [-0.1, -0.05) is 0 Å². The molecule has 2 saturated heterocycles. The summed E-state index contributed by atoms with van der Waals surface area (Å²) in [6, 6.07) is 0. The molecule has 0 saturated carbocycles. The van der Waals surface area contributed by atoms with E-state index >= 15 is 0 Å². The number of rotatable bonds is 1. The number of aromatic amines is 1. The fourth-order valence-electron chi connectivity index (χ4n) is 3.47. The molecule has 0 aromatic carbocycles. The third kappa shape index (κ3) is 2.43. The zero-order chi connectivity index (χ0) is 16.0. The molecular weight excluding hydrogens is 286 g/mol. The first kappa shape index (κ1) is 15.5. The van der Waals surface area contributed by atoms with Gasteiger partial charge in [0, 0.05) is 25.2 Å². The van der Waals surface area contributed by atoms with Crippen LogP contribution < -0.4 is 0 Å². The molecule has 7 nitrogen and oxygen atoms in total. The summed E-state index contributed by atoms with van der Waals surface area (Å²) >= 11 is 0. The van der Waals surface area contributed by atoms with Crippen molar-refractivity contribution in [2.24, 2.45) is 0 Å². The van der Waals surface area contributed by atoms with Gasteiger partial charge < -0.3 is 24.8 Å². The van der Waals surface area contributed by atoms with Crippen LogP contribution in [0.2, 0.25) is 0 Å². The fourth-order valence-corrected chi connectivity index (χ4v) is 3.47. The molecule has 3 heterocycles. The lowest BCUT2D eigenvalue weighted by molar-refractivity contribution is -0.244. The average molecular weight is 309 g/mol. The fraction of sp³-hybridized carbons (Fsp3) is 0.733. The molecule has 0 aliphatic carbocycles. The lowest BCUT2D eigenvalue weighted by Gasteiger charge is -2.51. The van der Waals surface area contributed by atoms with E-state index in [0.717, 1.165) is 5.69 Å². The molecule has 3 N–H and O–H groups in total. The number of hydrogen-bond acceptors (Lipinski definition) is 5. The van der Waals surface area contributed by atoms with Gasteiger partial charge in [0.1, 0.15) is 17.4 Å². The van der Waals surface area contributed by atoms with E-state index in [4.69, 9.17) is 4.74 Å². The molecule has 22 heavy (non-hydrogen) atoms. The summed E-state index contributed by atoms with van der Waals surface area (Å²) in [5.74, 6) is -0.106. The van der Waals surface area contributed by atoms with Gasteiger partial charge >= 0.3 is 0 Å². The van der Waals surface area contributed by atoms with E-state index in [1.54, 1.807) is 11.8 Å². The molecule has 7 heteroatoms. The van der Waals surface area contributed by atoms with E-state index in [0.29, 0.717) is 44.7 Å². The Labute approximate surface area is 129 Å². The molecule has 1 spiro atoms. The van der Waals surface area contributed by atoms with E-state index < -0.39 is 17.3 Å². The Morgan fingerprint density at radius 1 is 1.45 bits per heavy atom. The Bertz CT molecular complexity index is 561. The Kier molecular flexibility index (Phi) is 3.74. The number of ether oxygens (including phenoxy) is 1. The van der Waals surface area contributed by atoms with Gasteiger partial charge in [-0.2, -0.15) is 0 Å². The van der Waals surface area contributed by atoms with Gasteiger partial charge in [0.2, 0.25) is 0 Å². The minimum absolute atomic E-state index is 0.106. The van der Waals surface area contributed by atoms with Crippen molar-refractivity contribution in [1.82, 2.24) is 14.9 Å². The summed E-state index contributed by atoms with van der Waals surface area (Å²) in [5.41, 5.74) is -0.697. The Morgan fingerprint density at radius 3 is 2.73 bits per heavy atom.